The highest BCUT2D eigenvalue weighted by molar-refractivity contribution is 7.94. The highest BCUT2D eigenvalue weighted by Gasteiger charge is 2.24. The summed E-state index contributed by atoms with van der Waals surface area (Å²) in [5, 5.41) is 3.75. The minimum absolute atomic E-state index is 0.152. The van der Waals surface area contributed by atoms with Gasteiger partial charge in [-0.25, -0.2) is 13.4 Å². The molecule has 0 saturated carbocycles. The Kier molecular flexibility index (Phi) is 3.77. The molecule has 0 aromatic carbocycles. The van der Waals surface area contributed by atoms with E-state index in [-0.39, 0.29) is 6.04 Å². The molecule has 6 heteroatoms. The van der Waals surface area contributed by atoms with Crippen LogP contribution in [-0.4, -0.2) is 51.4 Å². The lowest BCUT2D eigenvalue weighted by Gasteiger charge is -2.34. The van der Waals surface area contributed by atoms with E-state index in [2.05, 4.69) is 0 Å². The molecule has 0 spiro atoms. The van der Waals surface area contributed by atoms with E-state index < -0.39 is 9.84 Å². The van der Waals surface area contributed by atoms with Crippen LogP contribution in [0.4, 0.5) is 0 Å². The van der Waals surface area contributed by atoms with Gasteiger partial charge < -0.3 is 5.73 Å². The number of nitrogens with zero attached hydrogens (tertiary/aromatic N) is 2. The molecule has 0 amide bonds. The van der Waals surface area contributed by atoms with E-state index in [1.807, 2.05) is 27.1 Å². The van der Waals surface area contributed by atoms with Crippen molar-refractivity contribution in [2.45, 2.75) is 13.0 Å². The number of nitrogens with two attached hydrogens (primary N) is 1. The van der Waals surface area contributed by atoms with Gasteiger partial charge in [0.15, 0.2) is 9.84 Å². The number of sulfone groups is 1. The minimum Gasteiger partial charge on any atom is -0.324 e. The van der Waals surface area contributed by atoms with Gasteiger partial charge in [-0.15, -0.1) is 0 Å². The Balaban J connectivity index is 3.16. The summed E-state index contributed by atoms with van der Waals surface area (Å²) in [6, 6.07) is -0.152. The summed E-state index contributed by atoms with van der Waals surface area (Å²) < 4.78 is 23.3. The zero-order chi connectivity index (χ0) is 12.5. The van der Waals surface area contributed by atoms with Crippen LogP contribution in [0.2, 0.25) is 0 Å². The normalized spacial score (nSPS) is 19.5. The predicted molar refractivity (Wildman–Crippen MR) is 65.1 cm³/mol. The molecular formula is C10H19N3O2S. The summed E-state index contributed by atoms with van der Waals surface area (Å²) in [5.41, 5.74) is 6.61. The van der Waals surface area contributed by atoms with E-state index in [1.165, 1.54) is 6.26 Å². The molecule has 1 atom stereocenters. The Labute approximate surface area is 97.1 Å². The monoisotopic (exact) mass is 245 g/mol. The standard InChI is InChI=1S/C10H19N3O2S/c1-8(11)9-5-6-13(12(2)3)10(7-9)16(4,14)15/h5,7-8H,6,11H2,1-4H3/t8-/m0/s1. The third-order valence-electron chi connectivity index (χ3n) is 2.43. The molecular weight excluding hydrogens is 226 g/mol. The van der Waals surface area contributed by atoms with Crippen molar-refractivity contribution in [2.75, 3.05) is 26.9 Å². The fourth-order valence-electron chi connectivity index (χ4n) is 1.53. The van der Waals surface area contributed by atoms with Crippen LogP contribution in [-0.2, 0) is 9.84 Å². The van der Waals surface area contributed by atoms with E-state index in [0.717, 1.165) is 5.57 Å². The van der Waals surface area contributed by atoms with E-state index in [1.54, 1.807) is 16.1 Å². The first-order valence-electron chi connectivity index (χ1n) is 5.05. The highest BCUT2D eigenvalue weighted by atomic mass is 32.2. The average molecular weight is 245 g/mol. The summed E-state index contributed by atoms with van der Waals surface area (Å²) in [7, 11) is 0.381. The largest absolute Gasteiger partial charge is 0.324 e. The SMILES string of the molecule is C[C@H](N)C1=CCN(N(C)C)C(S(C)(=O)=O)=C1. The van der Waals surface area contributed by atoms with Gasteiger partial charge in [-0.1, -0.05) is 6.08 Å². The van der Waals surface area contributed by atoms with Gasteiger partial charge in [0.25, 0.3) is 0 Å². The van der Waals surface area contributed by atoms with Crippen LogP contribution in [0.3, 0.4) is 0 Å². The number of hydrazine groups is 1. The first-order chi connectivity index (χ1) is 7.23. The average Bonchev–Trinajstić information content (AvgIpc) is 2.15. The van der Waals surface area contributed by atoms with Crippen LogP contribution in [0, 0.1) is 0 Å². The van der Waals surface area contributed by atoms with Crippen molar-refractivity contribution in [1.82, 2.24) is 10.0 Å². The van der Waals surface area contributed by atoms with Crippen molar-refractivity contribution >= 4 is 9.84 Å². The Morgan fingerprint density at radius 1 is 1.50 bits per heavy atom. The molecule has 0 unspecified atom stereocenters. The van der Waals surface area contributed by atoms with E-state index >= 15 is 0 Å². The van der Waals surface area contributed by atoms with Gasteiger partial charge in [0.2, 0.25) is 0 Å². The first-order valence-corrected chi connectivity index (χ1v) is 6.95. The molecule has 0 aromatic rings. The van der Waals surface area contributed by atoms with E-state index in [9.17, 15) is 8.42 Å². The van der Waals surface area contributed by atoms with Crippen molar-refractivity contribution in [2.24, 2.45) is 5.73 Å². The molecule has 1 aliphatic rings. The lowest BCUT2D eigenvalue weighted by atomic mass is 10.1. The summed E-state index contributed by atoms with van der Waals surface area (Å²) in [5.74, 6) is 0. The molecule has 0 saturated heterocycles. The quantitative estimate of drug-likeness (QED) is 0.754. The molecule has 1 rings (SSSR count). The Morgan fingerprint density at radius 3 is 2.44 bits per heavy atom. The molecule has 0 radical (unpaired) electrons. The highest BCUT2D eigenvalue weighted by Crippen LogP contribution is 2.21. The lowest BCUT2D eigenvalue weighted by Crippen LogP contribution is -2.41. The third kappa shape index (κ3) is 2.84. The van der Waals surface area contributed by atoms with Crippen molar-refractivity contribution in [1.29, 1.82) is 0 Å². The smallest absolute Gasteiger partial charge is 0.191 e. The molecule has 1 heterocycles. The molecule has 0 aromatic heterocycles. The lowest BCUT2D eigenvalue weighted by molar-refractivity contribution is 0.0879. The van der Waals surface area contributed by atoms with Crippen molar-refractivity contribution in [3.05, 3.63) is 22.8 Å². The second kappa shape index (κ2) is 4.57. The van der Waals surface area contributed by atoms with Crippen molar-refractivity contribution in [3.63, 3.8) is 0 Å². The van der Waals surface area contributed by atoms with Crippen LogP contribution >= 0.6 is 0 Å². The molecule has 0 fully saturated rings. The van der Waals surface area contributed by atoms with Gasteiger partial charge in [-0.2, -0.15) is 0 Å². The molecule has 16 heavy (non-hydrogen) atoms. The van der Waals surface area contributed by atoms with Crippen LogP contribution < -0.4 is 5.73 Å². The van der Waals surface area contributed by atoms with Gasteiger partial charge >= 0.3 is 0 Å². The molecule has 92 valence electrons. The van der Waals surface area contributed by atoms with Crippen LogP contribution in [0.25, 0.3) is 0 Å². The van der Waals surface area contributed by atoms with Crippen LogP contribution in [0.5, 0.6) is 0 Å². The maximum atomic E-state index is 11.7. The van der Waals surface area contributed by atoms with Gasteiger partial charge in [0.1, 0.15) is 5.03 Å². The topological polar surface area (TPSA) is 66.6 Å². The molecule has 1 aliphatic heterocycles. The maximum absolute atomic E-state index is 11.7. The fourth-order valence-corrected chi connectivity index (χ4v) is 2.50. The van der Waals surface area contributed by atoms with Gasteiger partial charge in [-0.3, -0.25) is 5.01 Å². The van der Waals surface area contributed by atoms with Gasteiger partial charge in [-0.05, 0) is 18.6 Å². The summed E-state index contributed by atoms with van der Waals surface area (Å²) in [4.78, 5) is 0. The summed E-state index contributed by atoms with van der Waals surface area (Å²) >= 11 is 0. The van der Waals surface area contributed by atoms with Crippen molar-refractivity contribution in [3.8, 4) is 0 Å². The zero-order valence-electron chi connectivity index (χ0n) is 10.1. The molecule has 2 N–H and O–H groups in total. The first kappa shape index (κ1) is 13.2. The second-order valence-electron chi connectivity index (χ2n) is 4.18. The predicted octanol–water partition coefficient (Wildman–Crippen LogP) is -0.0618. The second-order valence-corrected chi connectivity index (χ2v) is 6.14. The van der Waals surface area contributed by atoms with E-state index in [4.69, 9.17) is 5.73 Å². The van der Waals surface area contributed by atoms with Gasteiger partial charge in [0.05, 0.1) is 6.54 Å². The molecule has 5 nitrogen and oxygen atoms in total. The van der Waals surface area contributed by atoms with E-state index in [0.29, 0.717) is 11.6 Å². The van der Waals surface area contributed by atoms with Gasteiger partial charge in [0, 0.05) is 26.4 Å². The minimum atomic E-state index is -3.24. The zero-order valence-corrected chi connectivity index (χ0v) is 11.0. The fraction of sp³-hybridized carbons (Fsp3) is 0.600. The maximum Gasteiger partial charge on any atom is 0.191 e. The molecule has 0 aliphatic carbocycles. The van der Waals surface area contributed by atoms with Crippen molar-refractivity contribution < 1.29 is 8.42 Å². The summed E-state index contributed by atoms with van der Waals surface area (Å²) in [6.45, 7) is 2.37. The summed E-state index contributed by atoms with van der Waals surface area (Å²) in [6.07, 6.45) is 4.79. The van der Waals surface area contributed by atoms with Crippen LogP contribution in [0.1, 0.15) is 6.92 Å². The number of hydrogen-bond acceptors (Lipinski definition) is 5. The number of hydrogen-bond donors (Lipinski definition) is 1. The van der Waals surface area contributed by atoms with Crippen LogP contribution in [0.15, 0.2) is 22.8 Å². The molecule has 0 bridgehead atoms. The number of rotatable bonds is 3. The Hall–Kier alpha value is -0.850. The Bertz CT molecular complexity index is 421. The Morgan fingerprint density at radius 2 is 2.06 bits per heavy atom. The third-order valence-corrected chi connectivity index (χ3v) is 3.52.